The molecule has 2 aromatic heterocycles. The molecule has 0 saturated carbocycles. The van der Waals surface area contributed by atoms with Gasteiger partial charge in [0, 0.05) is 29.2 Å². The molecule has 6 heteroatoms. The van der Waals surface area contributed by atoms with Crippen LogP contribution >= 0.6 is 11.3 Å². The van der Waals surface area contributed by atoms with Gasteiger partial charge in [0.15, 0.2) is 0 Å². The van der Waals surface area contributed by atoms with Gasteiger partial charge in [-0.1, -0.05) is 24.6 Å². The van der Waals surface area contributed by atoms with Crippen molar-refractivity contribution < 1.29 is 4.74 Å². The van der Waals surface area contributed by atoms with Gasteiger partial charge in [0.1, 0.15) is 10.8 Å². The molecule has 0 amide bonds. The molecule has 0 radical (unpaired) electrons. The average molecular weight is 405 g/mol. The highest BCUT2D eigenvalue weighted by molar-refractivity contribution is 7.09. The number of nitrogens with one attached hydrogen (secondary N) is 1. The van der Waals surface area contributed by atoms with Gasteiger partial charge in [0.2, 0.25) is 0 Å². The summed E-state index contributed by atoms with van der Waals surface area (Å²) in [4.78, 5) is 7.15. The van der Waals surface area contributed by atoms with Crippen LogP contribution in [0.5, 0.6) is 5.75 Å². The van der Waals surface area contributed by atoms with Crippen LogP contribution in [-0.4, -0.2) is 33.7 Å². The number of nitrogens with zero attached hydrogens (tertiary/aromatic N) is 3. The van der Waals surface area contributed by atoms with Crippen LogP contribution in [-0.2, 0) is 6.54 Å². The molecule has 148 valence electrons. The third-order valence-electron chi connectivity index (χ3n) is 5.78. The molecule has 1 aliphatic rings. The third kappa shape index (κ3) is 3.66. The lowest BCUT2D eigenvalue weighted by atomic mass is 9.99. The molecule has 4 aromatic rings. The molecule has 1 N–H and O–H groups in total. The van der Waals surface area contributed by atoms with E-state index in [1.165, 1.54) is 40.6 Å². The van der Waals surface area contributed by atoms with Crippen LogP contribution in [0.25, 0.3) is 22.0 Å². The van der Waals surface area contributed by atoms with E-state index >= 15 is 0 Å². The summed E-state index contributed by atoms with van der Waals surface area (Å²) in [6.45, 7) is 1.99. The number of hydrogen-bond donors (Lipinski definition) is 1. The van der Waals surface area contributed by atoms with Crippen molar-refractivity contribution in [2.75, 3.05) is 13.7 Å². The second kappa shape index (κ2) is 7.97. The lowest BCUT2D eigenvalue weighted by molar-refractivity contribution is 0.140. The van der Waals surface area contributed by atoms with Gasteiger partial charge in [-0.2, -0.15) is 5.10 Å². The number of benzene rings is 2. The summed E-state index contributed by atoms with van der Waals surface area (Å²) in [5.74, 6) is 0.880. The fourth-order valence-corrected chi connectivity index (χ4v) is 5.07. The van der Waals surface area contributed by atoms with Gasteiger partial charge in [-0.3, -0.25) is 10.00 Å². The smallest absolute Gasteiger partial charge is 0.119 e. The Morgan fingerprint density at radius 1 is 1.17 bits per heavy atom. The van der Waals surface area contributed by atoms with Crippen LogP contribution in [0.3, 0.4) is 0 Å². The van der Waals surface area contributed by atoms with E-state index in [-0.39, 0.29) is 0 Å². The van der Waals surface area contributed by atoms with Crippen LogP contribution in [0.4, 0.5) is 0 Å². The molecule has 1 aliphatic heterocycles. The number of H-pyrrole nitrogens is 1. The van der Waals surface area contributed by atoms with Gasteiger partial charge in [-0.15, -0.1) is 11.3 Å². The Balaban J connectivity index is 1.44. The predicted octanol–water partition coefficient (Wildman–Crippen LogP) is 5.42. The number of hydrogen-bond acceptors (Lipinski definition) is 5. The van der Waals surface area contributed by atoms with Crippen LogP contribution in [0, 0.1) is 0 Å². The summed E-state index contributed by atoms with van der Waals surface area (Å²) in [5.41, 5.74) is 3.51. The minimum absolute atomic E-state index is 0.413. The van der Waals surface area contributed by atoms with Crippen LogP contribution in [0.15, 0.2) is 54.2 Å². The number of rotatable bonds is 5. The van der Waals surface area contributed by atoms with Crippen molar-refractivity contribution in [3.8, 4) is 17.0 Å². The number of aromatic amines is 1. The number of piperidine rings is 1. The summed E-state index contributed by atoms with van der Waals surface area (Å²) in [6, 6.07) is 13.1. The van der Waals surface area contributed by atoms with Crippen LogP contribution in [0.2, 0.25) is 0 Å². The minimum atomic E-state index is 0.413. The van der Waals surface area contributed by atoms with Crippen molar-refractivity contribution >= 4 is 22.1 Å². The molecular formula is C23H24N4OS. The summed E-state index contributed by atoms with van der Waals surface area (Å²) >= 11 is 1.76. The first-order valence-electron chi connectivity index (χ1n) is 10.1. The molecule has 1 saturated heterocycles. The van der Waals surface area contributed by atoms with E-state index in [4.69, 9.17) is 4.74 Å². The third-order valence-corrected chi connectivity index (χ3v) is 6.65. The van der Waals surface area contributed by atoms with Gasteiger partial charge in [0.05, 0.1) is 25.0 Å². The Hall–Kier alpha value is -2.70. The molecule has 1 atom stereocenters. The predicted molar refractivity (Wildman–Crippen MR) is 117 cm³/mol. The zero-order valence-corrected chi connectivity index (χ0v) is 17.3. The maximum Gasteiger partial charge on any atom is 0.119 e. The molecule has 1 fully saturated rings. The summed E-state index contributed by atoms with van der Waals surface area (Å²) < 4.78 is 5.34. The number of likely N-dealkylation sites (tertiary alicyclic amines) is 1. The Morgan fingerprint density at radius 3 is 2.93 bits per heavy atom. The fraction of sp³-hybridized carbons (Fsp3) is 0.304. The highest BCUT2D eigenvalue weighted by Gasteiger charge is 2.27. The van der Waals surface area contributed by atoms with E-state index in [1.807, 2.05) is 18.5 Å². The standard InChI is InChI=1S/C23H24N4OS/c1-28-20-8-7-16-12-18(6-5-17(16)13-20)22-19(14-25-26-22)15-27-10-3-2-4-21(27)23-24-9-11-29-23/h5-9,11-14,21H,2-4,10,15H2,1H3,(H,25,26)/t21-/m1/s1. The molecule has 5 nitrogen and oxygen atoms in total. The van der Waals surface area contributed by atoms with Crippen molar-refractivity contribution in [3.05, 3.63) is 64.7 Å². The highest BCUT2D eigenvalue weighted by atomic mass is 32.1. The number of ether oxygens (including phenoxy) is 1. The Labute approximate surface area is 174 Å². The second-order valence-corrected chi connectivity index (χ2v) is 8.48. The number of aromatic nitrogens is 3. The Bertz CT molecular complexity index is 1110. The molecule has 3 heterocycles. The SMILES string of the molecule is COc1ccc2cc(-c3[nH]ncc3CN3CCCC[C@@H]3c3nccs3)ccc2c1. The molecule has 0 aliphatic carbocycles. The normalized spacial score (nSPS) is 17.6. The summed E-state index contributed by atoms with van der Waals surface area (Å²) in [6.07, 6.45) is 7.58. The van der Waals surface area contributed by atoms with E-state index in [2.05, 4.69) is 55.8 Å². The van der Waals surface area contributed by atoms with Gasteiger partial charge < -0.3 is 4.74 Å². The number of fused-ring (bicyclic) bond motifs is 1. The summed E-state index contributed by atoms with van der Waals surface area (Å²) in [5, 5.41) is 13.3. The Kier molecular flexibility index (Phi) is 5.04. The van der Waals surface area contributed by atoms with Crippen molar-refractivity contribution in [3.63, 3.8) is 0 Å². The van der Waals surface area contributed by atoms with Gasteiger partial charge >= 0.3 is 0 Å². The van der Waals surface area contributed by atoms with Crippen LogP contribution < -0.4 is 4.74 Å². The first kappa shape index (κ1) is 18.3. The lowest BCUT2D eigenvalue weighted by Crippen LogP contribution is -2.32. The van der Waals surface area contributed by atoms with Crippen LogP contribution in [0.1, 0.15) is 35.9 Å². The van der Waals surface area contributed by atoms with Crippen molar-refractivity contribution in [1.82, 2.24) is 20.1 Å². The van der Waals surface area contributed by atoms with Crippen molar-refractivity contribution in [2.24, 2.45) is 0 Å². The van der Waals surface area contributed by atoms with E-state index < -0.39 is 0 Å². The van der Waals surface area contributed by atoms with E-state index in [0.717, 1.165) is 30.1 Å². The van der Waals surface area contributed by atoms with E-state index in [0.29, 0.717) is 6.04 Å². The van der Waals surface area contributed by atoms with Crippen molar-refractivity contribution in [2.45, 2.75) is 31.8 Å². The number of thiazole rings is 1. The molecule has 2 aromatic carbocycles. The highest BCUT2D eigenvalue weighted by Crippen LogP contribution is 2.35. The Morgan fingerprint density at radius 2 is 2.07 bits per heavy atom. The van der Waals surface area contributed by atoms with Gasteiger partial charge in [-0.05, 0) is 48.4 Å². The molecule has 0 spiro atoms. The molecule has 0 bridgehead atoms. The first-order chi connectivity index (χ1) is 14.3. The average Bonchev–Trinajstić information content (AvgIpc) is 3.46. The van der Waals surface area contributed by atoms with Gasteiger partial charge in [0.25, 0.3) is 0 Å². The van der Waals surface area contributed by atoms with E-state index in [9.17, 15) is 0 Å². The molecular weight excluding hydrogens is 380 g/mol. The first-order valence-corrected chi connectivity index (χ1v) is 10.9. The monoisotopic (exact) mass is 404 g/mol. The quantitative estimate of drug-likeness (QED) is 0.482. The lowest BCUT2D eigenvalue weighted by Gasteiger charge is -2.34. The molecule has 29 heavy (non-hydrogen) atoms. The largest absolute Gasteiger partial charge is 0.497 e. The summed E-state index contributed by atoms with van der Waals surface area (Å²) in [7, 11) is 1.70. The van der Waals surface area contributed by atoms with Crippen molar-refractivity contribution in [1.29, 1.82) is 0 Å². The fourth-order valence-electron chi connectivity index (χ4n) is 4.26. The maximum atomic E-state index is 5.34. The number of methoxy groups -OCH3 is 1. The topological polar surface area (TPSA) is 54.0 Å². The van der Waals surface area contributed by atoms with Gasteiger partial charge in [-0.25, -0.2) is 4.98 Å². The zero-order valence-electron chi connectivity index (χ0n) is 16.5. The maximum absolute atomic E-state index is 5.34. The van der Waals surface area contributed by atoms with E-state index in [1.54, 1.807) is 18.4 Å². The molecule has 0 unspecified atom stereocenters. The minimum Gasteiger partial charge on any atom is -0.497 e. The second-order valence-electron chi connectivity index (χ2n) is 7.55. The molecule has 5 rings (SSSR count). The zero-order chi connectivity index (χ0) is 19.6.